The molecule has 0 aromatic heterocycles. The van der Waals surface area contributed by atoms with Crippen molar-refractivity contribution < 1.29 is 39.9 Å². The molecule has 3 aromatic rings. The van der Waals surface area contributed by atoms with Gasteiger partial charge in [0.25, 0.3) is 0 Å². The molecule has 6 rings (SSSR count). The molecule has 14 heteroatoms. The zero-order valence-electron chi connectivity index (χ0n) is 28.0. The number of carbonyl (C=O) groups is 2. The van der Waals surface area contributed by atoms with Crippen LogP contribution in [-0.4, -0.2) is 110 Å². The van der Waals surface area contributed by atoms with Crippen molar-refractivity contribution in [3.63, 3.8) is 0 Å². The molecule has 51 heavy (non-hydrogen) atoms. The molecule has 5 atom stereocenters. The van der Waals surface area contributed by atoms with Gasteiger partial charge in [0, 0.05) is 60.4 Å². The van der Waals surface area contributed by atoms with Crippen molar-refractivity contribution in [1.29, 1.82) is 0 Å². The molecular weight excluding hydrogens is 717 g/mol. The van der Waals surface area contributed by atoms with Crippen LogP contribution < -0.4 is 14.5 Å². The minimum absolute atomic E-state index is 0.101. The Morgan fingerprint density at radius 1 is 0.902 bits per heavy atom. The summed E-state index contributed by atoms with van der Waals surface area (Å²) in [5.74, 6) is 1.62. The highest BCUT2D eigenvalue weighted by molar-refractivity contribution is 7.99. The summed E-state index contributed by atoms with van der Waals surface area (Å²) >= 11 is 15.1. The lowest BCUT2D eigenvalue weighted by molar-refractivity contribution is -0.122. The second-order valence-electron chi connectivity index (χ2n) is 13.3. The van der Waals surface area contributed by atoms with Gasteiger partial charge in [0.1, 0.15) is 30.7 Å². The number of ether oxygens (including phenoxy) is 1. The van der Waals surface area contributed by atoms with Crippen LogP contribution in [0.3, 0.4) is 0 Å². The highest BCUT2D eigenvalue weighted by Crippen LogP contribution is 2.41. The standard InChI is InChI=1S/C37H43Cl2N3O8S/c38-26-16-34(50-19-22-5-7-23(8-6-22)31(44)11-12-32(45)35(47)36(48)33(46)18-43)27(39)15-24(26)17-40-21-51-20-30(40)37(49)42-14-13-41(25-9-10-25)28-3-1-2-4-29(28)42/h1-8,15-16,25,30,32-33,35-36,43,45-48H,9-14,17-21H2/t30-,32-,33+,35+,36+/m0/s1. The Morgan fingerprint density at radius 3 is 2.31 bits per heavy atom. The van der Waals surface area contributed by atoms with E-state index >= 15 is 0 Å². The van der Waals surface area contributed by atoms with Gasteiger partial charge in [0.15, 0.2) is 5.78 Å². The van der Waals surface area contributed by atoms with Crippen molar-refractivity contribution in [2.75, 3.05) is 41.1 Å². The number of ketones is 1. The van der Waals surface area contributed by atoms with Crippen LogP contribution in [0.25, 0.3) is 0 Å². The van der Waals surface area contributed by atoms with E-state index in [1.54, 1.807) is 48.2 Å². The maximum atomic E-state index is 14.0. The van der Waals surface area contributed by atoms with Gasteiger partial charge in [-0.05, 0) is 48.6 Å². The molecule has 5 N–H and O–H groups in total. The number of rotatable bonds is 15. The number of halogens is 2. The van der Waals surface area contributed by atoms with Crippen LogP contribution in [0, 0.1) is 0 Å². The minimum atomic E-state index is -1.74. The quantitative estimate of drug-likeness (QED) is 0.144. The predicted molar refractivity (Wildman–Crippen MR) is 198 cm³/mol. The Hall–Kier alpha value is -2.91. The summed E-state index contributed by atoms with van der Waals surface area (Å²) in [6.07, 6.45) is -4.36. The SMILES string of the molecule is O=C(CC[C@H](O)[C@@H](O)[C@H](O)[C@H](O)CO)c1ccc(COc2cc(Cl)c(CN3CSC[C@H]3C(=O)N3CCN(C4CC4)c4ccccc43)cc2Cl)cc1. The van der Waals surface area contributed by atoms with Crippen molar-refractivity contribution in [3.05, 3.63) is 87.4 Å². The number of Topliss-reactive ketones (excluding diaryl/α,β-unsaturated/α-hetero) is 1. The van der Waals surface area contributed by atoms with Gasteiger partial charge in [-0.15, -0.1) is 11.8 Å². The van der Waals surface area contributed by atoms with Gasteiger partial charge in [-0.1, -0.05) is 59.6 Å². The second-order valence-corrected chi connectivity index (χ2v) is 15.1. The van der Waals surface area contributed by atoms with Crippen molar-refractivity contribution in [2.45, 2.75) is 75.3 Å². The first-order chi connectivity index (χ1) is 24.5. The first-order valence-electron chi connectivity index (χ1n) is 17.1. The van der Waals surface area contributed by atoms with E-state index in [2.05, 4.69) is 15.9 Å². The predicted octanol–water partition coefficient (Wildman–Crippen LogP) is 3.86. The third-order valence-corrected chi connectivity index (χ3v) is 11.4. The monoisotopic (exact) mass is 759 g/mol. The largest absolute Gasteiger partial charge is 0.487 e. The Kier molecular flexibility index (Phi) is 12.5. The van der Waals surface area contributed by atoms with Crippen LogP contribution in [0.4, 0.5) is 11.4 Å². The van der Waals surface area contributed by atoms with Gasteiger partial charge >= 0.3 is 0 Å². The molecule has 1 saturated carbocycles. The van der Waals surface area contributed by atoms with Crippen molar-refractivity contribution in [2.24, 2.45) is 0 Å². The number of amides is 1. The molecule has 0 spiro atoms. The lowest BCUT2D eigenvalue weighted by Gasteiger charge is -2.39. The topological polar surface area (TPSA) is 154 Å². The van der Waals surface area contributed by atoms with E-state index in [1.165, 1.54) is 12.8 Å². The van der Waals surface area contributed by atoms with Crippen LogP contribution in [0.1, 0.15) is 47.2 Å². The average molecular weight is 761 g/mol. The molecule has 2 aliphatic heterocycles. The number of thioether (sulfide) groups is 1. The maximum absolute atomic E-state index is 14.0. The van der Waals surface area contributed by atoms with E-state index in [0.29, 0.717) is 52.1 Å². The smallest absolute Gasteiger partial charge is 0.245 e. The van der Waals surface area contributed by atoms with Crippen molar-refractivity contribution in [1.82, 2.24) is 4.90 Å². The molecular formula is C37H43Cl2N3O8S. The van der Waals surface area contributed by atoms with Crippen LogP contribution in [0.2, 0.25) is 10.0 Å². The van der Waals surface area contributed by atoms with Gasteiger partial charge in [-0.25, -0.2) is 0 Å². The number of nitrogens with zero attached hydrogens (tertiary/aromatic N) is 3. The maximum Gasteiger partial charge on any atom is 0.245 e. The van der Waals surface area contributed by atoms with Gasteiger partial charge in [-0.2, -0.15) is 0 Å². The lowest BCUT2D eigenvalue weighted by Crippen LogP contribution is -2.52. The molecule has 3 aliphatic rings. The van der Waals surface area contributed by atoms with Crippen LogP contribution in [-0.2, 0) is 17.9 Å². The molecule has 0 bridgehead atoms. The fraction of sp³-hybridized carbons (Fsp3) is 0.459. The number of para-hydroxylation sites is 2. The van der Waals surface area contributed by atoms with E-state index in [0.717, 1.165) is 29.0 Å². The molecule has 2 heterocycles. The van der Waals surface area contributed by atoms with Crippen molar-refractivity contribution >= 4 is 58.0 Å². The Balaban J connectivity index is 1.02. The third kappa shape index (κ3) is 8.84. The Morgan fingerprint density at radius 2 is 1.61 bits per heavy atom. The zero-order chi connectivity index (χ0) is 36.2. The van der Waals surface area contributed by atoms with Gasteiger partial charge in [0.05, 0.1) is 35.2 Å². The van der Waals surface area contributed by atoms with Gasteiger partial charge in [0.2, 0.25) is 5.91 Å². The van der Waals surface area contributed by atoms with E-state index in [4.69, 9.17) is 33.0 Å². The number of aliphatic hydroxyl groups excluding tert-OH is 5. The first-order valence-corrected chi connectivity index (χ1v) is 19.0. The summed E-state index contributed by atoms with van der Waals surface area (Å²) in [5.41, 5.74) is 4.08. The van der Waals surface area contributed by atoms with E-state index < -0.39 is 31.0 Å². The summed E-state index contributed by atoms with van der Waals surface area (Å²) in [5, 5.41) is 49.1. The average Bonchev–Trinajstić information content (AvgIpc) is 3.90. The molecule has 1 amide bonds. The minimum Gasteiger partial charge on any atom is -0.487 e. The highest BCUT2D eigenvalue weighted by Gasteiger charge is 2.40. The Labute approximate surface area is 311 Å². The van der Waals surface area contributed by atoms with Crippen LogP contribution >= 0.6 is 35.0 Å². The highest BCUT2D eigenvalue weighted by atomic mass is 35.5. The molecule has 274 valence electrons. The number of hydrogen-bond donors (Lipinski definition) is 5. The van der Waals surface area contributed by atoms with E-state index in [9.17, 15) is 30.0 Å². The summed E-state index contributed by atoms with van der Waals surface area (Å²) in [6.45, 7) is 1.35. The summed E-state index contributed by atoms with van der Waals surface area (Å²) < 4.78 is 5.98. The molecule has 0 unspecified atom stereocenters. The number of benzene rings is 3. The molecule has 3 aromatic carbocycles. The van der Waals surface area contributed by atoms with Crippen molar-refractivity contribution in [3.8, 4) is 5.75 Å². The number of aliphatic hydroxyl groups is 5. The number of fused-ring (bicyclic) bond motifs is 1. The zero-order valence-corrected chi connectivity index (χ0v) is 30.3. The summed E-state index contributed by atoms with van der Waals surface area (Å²) in [6, 6.07) is 18.7. The van der Waals surface area contributed by atoms with Crippen LogP contribution in [0.15, 0.2) is 60.7 Å². The van der Waals surface area contributed by atoms with E-state index in [1.807, 2.05) is 23.1 Å². The lowest BCUT2D eigenvalue weighted by atomic mass is 9.97. The fourth-order valence-electron chi connectivity index (χ4n) is 6.54. The number of carbonyl (C=O) groups excluding carboxylic acids is 2. The molecule has 2 fully saturated rings. The number of hydrogen-bond acceptors (Lipinski definition) is 11. The van der Waals surface area contributed by atoms with Gasteiger partial charge in [-0.3, -0.25) is 14.5 Å². The summed E-state index contributed by atoms with van der Waals surface area (Å²) in [7, 11) is 0. The normalized spacial score (nSPS) is 20.1. The van der Waals surface area contributed by atoms with Gasteiger partial charge < -0.3 is 40.1 Å². The van der Waals surface area contributed by atoms with Crippen LogP contribution in [0.5, 0.6) is 5.75 Å². The molecule has 1 saturated heterocycles. The first kappa shape index (κ1) is 37.8. The third-order valence-electron chi connectivity index (χ3n) is 9.70. The second kappa shape index (κ2) is 16.8. The fourth-order valence-corrected chi connectivity index (χ4v) is 8.19. The molecule has 0 radical (unpaired) electrons. The van der Waals surface area contributed by atoms with E-state index in [-0.39, 0.29) is 37.2 Å². The molecule has 1 aliphatic carbocycles. The summed E-state index contributed by atoms with van der Waals surface area (Å²) in [4.78, 5) is 33.2. The molecule has 11 nitrogen and oxygen atoms in total. The Bertz CT molecular complexity index is 1700. The number of anilines is 2.